The SMILES string of the molecule is CC1Cc2ccccc2N1C(=O)[C@H](N)C(C)(C)C. The van der Waals surface area contributed by atoms with Gasteiger partial charge in [0.25, 0.3) is 0 Å². The number of nitrogens with zero attached hydrogens (tertiary/aromatic N) is 1. The molecule has 1 heterocycles. The van der Waals surface area contributed by atoms with Crippen molar-refractivity contribution in [2.24, 2.45) is 11.1 Å². The Bertz CT molecular complexity index is 462. The molecule has 2 atom stereocenters. The van der Waals surface area contributed by atoms with Gasteiger partial charge in [-0.3, -0.25) is 4.79 Å². The first kappa shape index (κ1) is 13.1. The number of rotatable bonds is 1. The van der Waals surface area contributed by atoms with Gasteiger partial charge >= 0.3 is 0 Å². The zero-order valence-corrected chi connectivity index (χ0v) is 11.6. The Balaban J connectivity index is 2.32. The largest absolute Gasteiger partial charge is 0.319 e. The summed E-state index contributed by atoms with van der Waals surface area (Å²) in [6, 6.07) is 7.81. The van der Waals surface area contributed by atoms with E-state index in [1.54, 1.807) is 0 Å². The normalized spacial score (nSPS) is 20.7. The Morgan fingerprint density at radius 3 is 2.61 bits per heavy atom. The van der Waals surface area contributed by atoms with Gasteiger partial charge in [0.2, 0.25) is 5.91 Å². The van der Waals surface area contributed by atoms with Crippen LogP contribution in [0.3, 0.4) is 0 Å². The van der Waals surface area contributed by atoms with E-state index >= 15 is 0 Å². The maximum atomic E-state index is 12.6. The van der Waals surface area contributed by atoms with Crippen molar-refractivity contribution in [1.29, 1.82) is 0 Å². The van der Waals surface area contributed by atoms with Gasteiger partial charge in [-0.2, -0.15) is 0 Å². The summed E-state index contributed by atoms with van der Waals surface area (Å²) in [6.45, 7) is 8.08. The lowest BCUT2D eigenvalue weighted by atomic mass is 9.86. The van der Waals surface area contributed by atoms with Crippen LogP contribution >= 0.6 is 0 Å². The predicted molar refractivity (Wildman–Crippen MR) is 74.5 cm³/mol. The van der Waals surface area contributed by atoms with Crippen molar-refractivity contribution >= 4 is 11.6 Å². The molecule has 3 nitrogen and oxygen atoms in total. The summed E-state index contributed by atoms with van der Waals surface area (Å²) in [4.78, 5) is 14.4. The standard InChI is InChI=1S/C15H22N2O/c1-10-9-11-7-5-6-8-12(11)17(10)14(18)13(16)15(2,3)4/h5-8,10,13H,9,16H2,1-4H3/t10?,13-/m0/s1. The maximum Gasteiger partial charge on any atom is 0.244 e. The number of fused-ring (bicyclic) bond motifs is 1. The Kier molecular flexibility index (Phi) is 3.20. The van der Waals surface area contributed by atoms with Crippen molar-refractivity contribution in [1.82, 2.24) is 0 Å². The van der Waals surface area contributed by atoms with Gasteiger partial charge in [-0.05, 0) is 30.4 Å². The van der Waals surface area contributed by atoms with E-state index in [1.165, 1.54) is 5.56 Å². The first-order valence-electron chi connectivity index (χ1n) is 6.49. The highest BCUT2D eigenvalue weighted by Crippen LogP contribution is 2.33. The molecule has 0 fully saturated rings. The van der Waals surface area contributed by atoms with Gasteiger partial charge in [-0.25, -0.2) is 0 Å². The number of carbonyl (C=O) groups excluding carboxylic acids is 1. The average Bonchev–Trinajstić information content (AvgIpc) is 2.61. The van der Waals surface area contributed by atoms with E-state index in [0.717, 1.165) is 12.1 Å². The smallest absolute Gasteiger partial charge is 0.244 e. The number of anilines is 1. The highest BCUT2D eigenvalue weighted by atomic mass is 16.2. The lowest BCUT2D eigenvalue weighted by Gasteiger charge is -2.32. The first-order valence-corrected chi connectivity index (χ1v) is 6.49. The van der Waals surface area contributed by atoms with Crippen LogP contribution in [0.4, 0.5) is 5.69 Å². The quantitative estimate of drug-likeness (QED) is 0.826. The van der Waals surface area contributed by atoms with Crippen molar-refractivity contribution in [3.8, 4) is 0 Å². The van der Waals surface area contributed by atoms with Gasteiger partial charge in [-0.1, -0.05) is 39.0 Å². The van der Waals surface area contributed by atoms with Gasteiger partial charge in [0.15, 0.2) is 0 Å². The minimum Gasteiger partial charge on any atom is -0.319 e. The number of nitrogens with two attached hydrogens (primary N) is 1. The highest BCUT2D eigenvalue weighted by molar-refractivity contribution is 5.99. The third kappa shape index (κ3) is 2.15. The summed E-state index contributed by atoms with van der Waals surface area (Å²) in [5.74, 6) is 0.0277. The van der Waals surface area contributed by atoms with Crippen molar-refractivity contribution < 1.29 is 4.79 Å². The first-order chi connectivity index (χ1) is 8.32. The zero-order valence-electron chi connectivity index (χ0n) is 11.6. The van der Waals surface area contributed by atoms with Gasteiger partial charge < -0.3 is 10.6 Å². The molecule has 1 aliphatic heterocycles. The van der Waals surface area contributed by atoms with Crippen LogP contribution in [0.15, 0.2) is 24.3 Å². The summed E-state index contributed by atoms with van der Waals surface area (Å²) < 4.78 is 0. The Morgan fingerprint density at radius 1 is 1.39 bits per heavy atom. The van der Waals surface area contributed by atoms with Crippen LogP contribution in [0.1, 0.15) is 33.3 Å². The molecule has 0 saturated heterocycles. The molecular formula is C15H22N2O. The fourth-order valence-corrected chi connectivity index (χ4v) is 2.42. The molecule has 0 saturated carbocycles. The van der Waals surface area contributed by atoms with Crippen molar-refractivity contribution in [3.63, 3.8) is 0 Å². The molecular weight excluding hydrogens is 224 g/mol. The maximum absolute atomic E-state index is 12.6. The molecule has 2 N–H and O–H groups in total. The molecule has 1 unspecified atom stereocenters. The third-order valence-electron chi connectivity index (χ3n) is 3.64. The molecule has 0 aliphatic carbocycles. The van der Waals surface area contributed by atoms with Gasteiger partial charge in [0.1, 0.15) is 0 Å². The summed E-state index contributed by atoms with van der Waals surface area (Å²) in [5, 5.41) is 0. The molecule has 2 rings (SSSR count). The van der Waals surface area contributed by atoms with E-state index in [-0.39, 0.29) is 17.4 Å². The van der Waals surface area contributed by atoms with Crippen LogP contribution < -0.4 is 10.6 Å². The molecule has 1 aromatic rings. The number of benzene rings is 1. The fourth-order valence-electron chi connectivity index (χ4n) is 2.42. The van der Waals surface area contributed by atoms with E-state index in [0.29, 0.717) is 0 Å². The molecule has 0 aromatic heterocycles. The number of carbonyl (C=O) groups is 1. The Hall–Kier alpha value is -1.35. The Morgan fingerprint density at radius 2 is 2.00 bits per heavy atom. The van der Waals surface area contributed by atoms with Crippen LogP contribution in [-0.4, -0.2) is 18.0 Å². The van der Waals surface area contributed by atoms with Gasteiger partial charge in [0, 0.05) is 11.7 Å². The second-order valence-corrected chi connectivity index (χ2v) is 6.23. The molecule has 98 valence electrons. The predicted octanol–water partition coefficient (Wildman–Crippen LogP) is 2.34. The van der Waals surface area contributed by atoms with Crippen molar-refractivity contribution in [2.45, 2.75) is 46.2 Å². The molecule has 1 amide bonds. The number of hydrogen-bond acceptors (Lipinski definition) is 2. The lowest BCUT2D eigenvalue weighted by Crippen LogP contribution is -2.52. The molecule has 1 aliphatic rings. The minimum absolute atomic E-state index is 0.0277. The zero-order chi connectivity index (χ0) is 13.5. The third-order valence-corrected chi connectivity index (χ3v) is 3.64. The van der Waals surface area contributed by atoms with Crippen LogP contribution in [0.5, 0.6) is 0 Å². The fraction of sp³-hybridized carbons (Fsp3) is 0.533. The van der Waals surface area contributed by atoms with Crippen LogP contribution in [0, 0.1) is 5.41 Å². The van der Waals surface area contributed by atoms with E-state index < -0.39 is 6.04 Å². The number of amides is 1. The summed E-state index contributed by atoms with van der Waals surface area (Å²) in [5.41, 5.74) is 8.15. The van der Waals surface area contributed by atoms with E-state index in [4.69, 9.17) is 5.73 Å². The van der Waals surface area contributed by atoms with E-state index in [9.17, 15) is 4.79 Å². The highest BCUT2D eigenvalue weighted by Gasteiger charge is 2.37. The van der Waals surface area contributed by atoms with Gasteiger partial charge in [0.05, 0.1) is 6.04 Å². The topological polar surface area (TPSA) is 46.3 Å². The molecule has 1 aromatic carbocycles. The summed E-state index contributed by atoms with van der Waals surface area (Å²) in [7, 11) is 0. The van der Waals surface area contributed by atoms with Crippen molar-refractivity contribution in [2.75, 3.05) is 4.90 Å². The van der Waals surface area contributed by atoms with Crippen LogP contribution in [-0.2, 0) is 11.2 Å². The molecule has 3 heteroatoms. The molecule has 0 bridgehead atoms. The molecule has 0 radical (unpaired) electrons. The summed E-state index contributed by atoms with van der Waals surface area (Å²) in [6.07, 6.45) is 0.915. The minimum atomic E-state index is -0.467. The van der Waals surface area contributed by atoms with E-state index in [1.807, 2.05) is 43.9 Å². The second kappa shape index (κ2) is 4.39. The van der Waals surface area contributed by atoms with Crippen LogP contribution in [0.25, 0.3) is 0 Å². The van der Waals surface area contributed by atoms with Crippen molar-refractivity contribution in [3.05, 3.63) is 29.8 Å². The average molecular weight is 246 g/mol. The molecule has 18 heavy (non-hydrogen) atoms. The number of para-hydroxylation sites is 1. The van der Waals surface area contributed by atoms with E-state index in [2.05, 4.69) is 13.0 Å². The Labute approximate surface area is 109 Å². The van der Waals surface area contributed by atoms with Gasteiger partial charge in [-0.15, -0.1) is 0 Å². The summed E-state index contributed by atoms with van der Waals surface area (Å²) >= 11 is 0. The lowest BCUT2D eigenvalue weighted by molar-refractivity contribution is -0.122. The second-order valence-electron chi connectivity index (χ2n) is 6.23. The monoisotopic (exact) mass is 246 g/mol. The number of hydrogen-bond donors (Lipinski definition) is 1. The van der Waals surface area contributed by atoms with Crippen LogP contribution in [0.2, 0.25) is 0 Å². The molecule has 0 spiro atoms.